The van der Waals surface area contributed by atoms with Crippen LogP contribution in [-0.4, -0.2) is 46.8 Å². The van der Waals surface area contributed by atoms with Gasteiger partial charge in [0.05, 0.1) is 11.8 Å². The fraction of sp³-hybridized carbons (Fsp3) is 0.733. The highest BCUT2D eigenvalue weighted by atomic mass is 16.1. The number of rotatable bonds is 5. The van der Waals surface area contributed by atoms with Crippen LogP contribution < -0.4 is 5.32 Å². The summed E-state index contributed by atoms with van der Waals surface area (Å²) in [5.74, 6) is -0.00790. The zero-order valence-electron chi connectivity index (χ0n) is 12.7. The van der Waals surface area contributed by atoms with Gasteiger partial charge in [-0.05, 0) is 45.8 Å². The molecule has 112 valence electrons. The number of nitrogens with one attached hydrogen (secondary N) is 1. The smallest absolute Gasteiger partial charge is 0.254 e. The number of aryl methyl sites for hydroxylation is 1. The van der Waals surface area contributed by atoms with Crippen molar-refractivity contribution in [2.24, 2.45) is 7.05 Å². The van der Waals surface area contributed by atoms with E-state index in [-0.39, 0.29) is 5.91 Å². The Morgan fingerprint density at radius 1 is 1.30 bits per heavy atom. The van der Waals surface area contributed by atoms with Crippen LogP contribution in [0.15, 0.2) is 6.20 Å². The third-order valence-corrected chi connectivity index (χ3v) is 4.12. The van der Waals surface area contributed by atoms with Gasteiger partial charge in [0.15, 0.2) is 0 Å². The molecule has 1 saturated heterocycles. The normalized spacial score (nSPS) is 16.9. The van der Waals surface area contributed by atoms with Gasteiger partial charge < -0.3 is 10.2 Å². The van der Waals surface area contributed by atoms with Crippen LogP contribution in [0.25, 0.3) is 0 Å². The van der Waals surface area contributed by atoms with Crippen molar-refractivity contribution in [2.75, 3.05) is 26.2 Å². The van der Waals surface area contributed by atoms with Gasteiger partial charge in [0.25, 0.3) is 5.91 Å². The first-order valence-electron chi connectivity index (χ1n) is 7.67. The summed E-state index contributed by atoms with van der Waals surface area (Å²) in [6, 6.07) is 0. The number of nitrogens with zero attached hydrogens (tertiary/aromatic N) is 3. The first-order chi connectivity index (χ1) is 9.68. The van der Waals surface area contributed by atoms with Crippen molar-refractivity contribution in [3.63, 3.8) is 0 Å². The van der Waals surface area contributed by atoms with E-state index in [0.29, 0.717) is 5.56 Å². The van der Waals surface area contributed by atoms with Gasteiger partial charge in [-0.1, -0.05) is 12.8 Å². The lowest BCUT2D eigenvalue weighted by atomic mass is 10.2. The van der Waals surface area contributed by atoms with Gasteiger partial charge >= 0.3 is 0 Å². The van der Waals surface area contributed by atoms with Crippen LogP contribution in [0.3, 0.4) is 0 Å². The summed E-state index contributed by atoms with van der Waals surface area (Å²) in [5.41, 5.74) is 1.59. The van der Waals surface area contributed by atoms with Crippen molar-refractivity contribution in [3.05, 3.63) is 17.5 Å². The molecule has 0 aliphatic carbocycles. The van der Waals surface area contributed by atoms with Crippen LogP contribution in [0, 0.1) is 6.92 Å². The summed E-state index contributed by atoms with van der Waals surface area (Å²) in [4.78, 5) is 14.5. The standard InChI is InChI=1S/C15H26N4O/c1-13-14(12-17-18(13)2)15(20)16-8-7-11-19-9-5-3-4-6-10-19/h12H,3-11H2,1-2H3,(H,16,20). The highest BCUT2D eigenvalue weighted by molar-refractivity contribution is 5.94. The number of aromatic nitrogens is 2. The van der Waals surface area contributed by atoms with Crippen LogP contribution in [0.1, 0.15) is 48.2 Å². The van der Waals surface area contributed by atoms with E-state index in [9.17, 15) is 4.79 Å². The maximum atomic E-state index is 12.0. The van der Waals surface area contributed by atoms with Crippen molar-refractivity contribution >= 4 is 5.91 Å². The molecule has 1 aromatic rings. The second-order valence-corrected chi connectivity index (χ2v) is 5.63. The van der Waals surface area contributed by atoms with E-state index < -0.39 is 0 Å². The molecule has 0 spiro atoms. The topological polar surface area (TPSA) is 50.2 Å². The minimum Gasteiger partial charge on any atom is -0.352 e. The van der Waals surface area contributed by atoms with E-state index in [1.54, 1.807) is 10.9 Å². The molecule has 5 nitrogen and oxygen atoms in total. The van der Waals surface area contributed by atoms with Gasteiger partial charge in [-0.2, -0.15) is 5.10 Å². The van der Waals surface area contributed by atoms with E-state index in [4.69, 9.17) is 0 Å². The molecule has 1 aliphatic rings. The second kappa shape index (κ2) is 7.43. The molecular formula is C15H26N4O. The summed E-state index contributed by atoms with van der Waals surface area (Å²) in [7, 11) is 1.85. The lowest BCUT2D eigenvalue weighted by molar-refractivity contribution is 0.0951. The van der Waals surface area contributed by atoms with Gasteiger partial charge in [0, 0.05) is 19.3 Å². The zero-order valence-corrected chi connectivity index (χ0v) is 12.7. The van der Waals surface area contributed by atoms with Gasteiger partial charge in [-0.25, -0.2) is 0 Å². The van der Waals surface area contributed by atoms with Crippen LogP contribution in [0.4, 0.5) is 0 Å². The van der Waals surface area contributed by atoms with Crippen LogP contribution >= 0.6 is 0 Å². The van der Waals surface area contributed by atoms with E-state index >= 15 is 0 Å². The molecule has 2 heterocycles. The number of carbonyl (C=O) groups is 1. The molecule has 20 heavy (non-hydrogen) atoms. The largest absolute Gasteiger partial charge is 0.352 e. The number of carbonyl (C=O) groups excluding carboxylic acids is 1. The lowest BCUT2D eigenvalue weighted by Gasteiger charge is -2.19. The van der Waals surface area contributed by atoms with Crippen LogP contribution in [0.2, 0.25) is 0 Å². The number of hydrogen-bond acceptors (Lipinski definition) is 3. The van der Waals surface area contributed by atoms with Crippen molar-refractivity contribution in [1.82, 2.24) is 20.0 Å². The van der Waals surface area contributed by atoms with Crippen molar-refractivity contribution in [2.45, 2.75) is 39.0 Å². The molecule has 1 N–H and O–H groups in total. The summed E-state index contributed by atoms with van der Waals surface area (Å²) in [6.45, 7) is 6.18. The SMILES string of the molecule is Cc1c(C(=O)NCCCN2CCCCCC2)cnn1C. The Morgan fingerprint density at radius 3 is 2.60 bits per heavy atom. The maximum Gasteiger partial charge on any atom is 0.254 e. The quantitative estimate of drug-likeness (QED) is 0.834. The van der Waals surface area contributed by atoms with Gasteiger partial charge in [0.2, 0.25) is 0 Å². The van der Waals surface area contributed by atoms with Crippen molar-refractivity contribution in [3.8, 4) is 0 Å². The number of amides is 1. The molecule has 0 unspecified atom stereocenters. The average molecular weight is 278 g/mol. The highest BCUT2D eigenvalue weighted by Gasteiger charge is 2.12. The molecule has 1 amide bonds. The minimum absolute atomic E-state index is 0.00790. The summed E-state index contributed by atoms with van der Waals surface area (Å²) < 4.78 is 1.73. The molecule has 0 bridgehead atoms. The van der Waals surface area contributed by atoms with Crippen molar-refractivity contribution in [1.29, 1.82) is 0 Å². The number of hydrogen-bond donors (Lipinski definition) is 1. The minimum atomic E-state index is -0.00790. The van der Waals surface area contributed by atoms with Crippen LogP contribution in [0.5, 0.6) is 0 Å². The lowest BCUT2D eigenvalue weighted by Crippen LogP contribution is -2.30. The first-order valence-corrected chi connectivity index (χ1v) is 7.67. The Bertz CT molecular complexity index is 433. The Morgan fingerprint density at radius 2 is 2.00 bits per heavy atom. The summed E-state index contributed by atoms with van der Waals surface area (Å²) in [5, 5.41) is 7.09. The van der Waals surface area contributed by atoms with Gasteiger partial charge in [-0.15, -0.1) is 0 Å². The Labute approximate surface area is 121 Å². The second-order valence-electron chi connectivity index (χ2n) is 5.63. The molecule has 0 saturated carbocycles. The van der Waals surface area contributed by atoms with E-state index in [0.717, 1.165) is 25.2 Å². The van der Waals surface area contributed by atoms with E-state index in [1.807, 2.05) is 14.0 Å². The molecule has 0 aromatic carbocycles. The summed E-state index contributed by atoms with van der Waals surface area (Å²) in [6.07, 6.45) is 8.04. The number of likely N-dealkylation sites (tertiary alicyclic amines) is 1. The third-order valence-electron chi connectivity index (χ3n) is 4.12. The Hall–Kier alpha value is -1.36. The zero-order chi connectivity index (χ0) is 14.4. The molecule has 1 fully saturated rings. The van der Waals surface area contributed by atoms with E-state index in [2.05, 4.69) is 15.3 Å². The Kier molecular flexibility index (Phi) is 5.59. The summed E-state index contributed by atoms with van der Waals surface area (Å²) >= 11 is 0. The first kappa shape index (κ1) is 15.0. The molecule has 0 radical (unpaired) electrons. The average Bonchev–Trinajstić information content (AvgIpc) is 2.67. The molecule has 1 aromatic heterocycles. The van der Waals surface area contributed by atoms with E-state index in [1.165, 1.54) is 38.8 Å². The Balaban J connectivity index is 1.68. The molecule has 5 heteroatoms. The predicted molar refractivity (Wildman–Crippen MR) is 79.8 cm³/mol. The molecule has 0 atom stereocenters. The fourth-order valence-electron chi connectivity index (χ4n) is 2.68. The monoisotopic (exact) mass is 278 g/mol. The van der Waals surface area contributed by atoms with Gasteiger partial charge in [-0.3, -0.25) is 9.48 Å². The van der Waals surface area contributed by atoms with Gasteiger partial charge in [0.1, 0.15) is 0 Å². The highest BCUT2D eigenvalue weighted by Crippen LogP contribution is 2.09. The van der Waals surface area contributed by atoms with Crippen LogP contribution in [-0.2, 0) is 7.05 Å². The molecule has 2 rings (SSSR count). The predicted octanol–water partition coefficient (Wildman–Crippen LogP) is 1.72. The third kappa shape index (κ3) is 4.07. The molecule has 1 aliphatic heterocycles. The fourth-order valence-corrected chi connectivity index (χ4v) is 2.68. The van der Waals surface area contributed by atoms with Crippen molar-refractivity contribution < 1.29 is 4.79 Å². The molecular weight excluding hydrogens is 252 g/mol. The maximum absolute atomic E-state index is 12.0.